The Morgan fingerprint density at radius 1 is 0.810 bits per heavy atom. The molecule has 0 aromatic rings. The maximum Gasteiger partial charge on any atom is 0.00418 e. The Morgan fingerprint density at radius 3 is 2.33 bits per heavy atom. The summed E-state index contributed by atoms with van der Waals surface area (Å²) < 4.78 is 0. The molecule has 0 heterocycles. The topological polar surface area (TPSA) is 26.0 Å². The highest BCUT2D eigenvalue weighted by Crippen LogP contribution is 2.67. The summed E-state index contributed by atoms with van der Waals surface area (Å²) in [4.78, 5) is 0. The van der Waals surface area contributed by atoms with Crippen LogP contribution in [0.5, 0.6) is 0 Å². The summed E-state index contributed by atoms with van der Waals surface area (Å²) in [6, 6.07) is 0.500. The van der Waals surface area contributed by atoms with Crippen LogP contribution in [0.1, 0.15) is 78.6 Å². The number of hydrogen-bond donors (Lipinski definition) is 1. The SMILES string of the molecule is C[C@H]1CC[C@H]2[C@@H]3CC[C@@H]4C[C@H](N)CC[C@]4(C)[C@H]3CC[C@]12C. The monoisotopic (exact) mass is 289 g/mol. The molecule has 120 valence electrons. The van der Waals surface area contributed by atoms with E-state index in [0.717, 1.165) is 29.6 Å². The third-order valence-corrected chi connectivity index (χ3v) is 9.18. The van der Waals surface area contributed by atoms with Crippen LogP contribution in [0.15, 0.2) is 0 Å². The second-order valence-electron chi connectivity index (χ2n) is 9.71. The van der Waals surface area contributed by atoms with E-state index in [2.05, 4.69) is 20.8 Å². The molecule has 0 aliphatic heterocycles. The number of rotatable bonds is 0. The van der Waals surface area contributed by atoms with E-state index in [1.54, 1.807) is 0 Å². The largest absolute Gasteiger partial charge is 0.328 e. The zero-order chi connectivity index (χ0) is 14.8. The van der Waals surface area contributed by atoms with Gasteiger partial charge in [-0.3, -0.25) is 0 Å². The van der Waals surface area contributed by atoms with Gasteiger partial charge < -0.3 is 5.73 Å². The molecule has 4 saturated carbocycles. The summed E-state index contributed by atoms with van der Waals surface area (Å²) in [5.41, 5.74) is 7.60. The van der Waals surface area contributed by atoms with Gasteiger partial charge >= 0.3 is 0 Å². The Balaban J connectivity index is 1.62. The summed E-state index contributed by atoms with van der Waals surface area (Å²) in [6.45, 7) is 7.82. The molecule has 0 radical (unpaired) electrons. The summed E-state index contributed by atoms with van der Waals surface area (Å²) in [5, 5.41) is 0. The van der Waals surface area contributed by atoms with Crippen LogP contribution in [0.3, 0.4) is 0 Å². The van der Waals surface area contributed by atoms with Crippen molar-refractivity contribution in [2.75, 3.05) is 0 Å². The van der Waals surface area contributed by atoms with Crippen LogP contribution in [-0.2, 0) is 0 Å². The number of nitrogens with two attached hydrogens (primary N) is 1. The van der Waals surface area contributed by atoms with E-state index < -0.39 is 0 Å². The predicted octanol–water partition coefficient (Wildman–Crippen LogP) is 4.99. The minimum absolute atomic E-state index is 0.500. The predicted molar refractivity (Wildman–Crippen MR) is 88.9 cm³/mol. The summed E-state index contributed by atoms with van der Waals surface area (Å²) >= 11 is 0. The molecule has 2 N–H and O–H groups in total. The van der Waals surface area contributed by atoms with Crippen LogP contribution in [0.4, 0.5) is 0 Å². The molecule has 4 aliphatic carbocycles. The first kappa shape index (κ1) is 14.5. The lowest BCUT2D eigenvalue weighted by atomic mass is 9.44. The summed E-state index contributed by atoms with van der Waals surface area (Å²) in [7, 11) is 0. The van der Waals surface area contributed by atoms with Gasteiger partial charge in [0.15, 0.2) is 0 Å². The van der Waals surface area contributed by atoms with Crippen LogP contribution in [0, 0.1) is 40.4 Å². The van der Waals surface area contributed by atoms with E-state index in [4.69, 9.17) is 5.73 Å². The Morgan fingerprint density at radius 2 is 1.52 bits per heavy atom. The normalized spacial score (nSPS) is 60.0. The highest BCUT2D eigenvalue weighted by molar-refractivity contribution is 5.08. The van der Waals surface area contributed by atoms with Gasteiger partial charge in [-0.05, 0) is 98.2 Å². The second-order valence-corrected chi connectivity index (χ2v) is 9.71. The minimum Gasteiger partial charge on any atom is -0.328 e. The van der Waals surface area contributed by atoms with Crippen molar-refractivity contribution in [3.8, 4) is 0 Å². The Hall–Kier alpha value is -0.0400. The number of fused-ring (bicyclic) bond motifs is 5. The molecule has 0 amide bonds. The minimum atomic E-state index is 0.500. The molecule has 0 spiro atoms. The molecule has 1 heteroatoms. The fourth-order valence-electron chi connectivity index (χ4n) is 7.55. The molecule has 21 heavy (non-hydrogen) atoms. The quantitative estimate of drug-likeness (QED) is 0.668. The van der Waals surface area contributed by atoms with Crippen molar-refractivity contribution >= 4 is 0 Å². The fourth-order valence-corrected chi connectivity index (χ4v) is 7.55. The van der Waals surface area contributed by atoms with Gasteiger partial charge in [0, 0.05) is 6.04 Å². The van der Waals surface area contributed by atoms with E-state index in [1.165, 1.54) is 57.8 Å². The van der Waals surface area contributed by atoms with Gasteiger partial charge in [-0.2, -0.15) is 0 Å². The molecule has 0 unspecified atom stereocenters. The van der Waals surface area contributed by atoms with Gasteiger partial charge in [-0.1, -0.05) is 20.8 Å². The van der Waals surface area contributed by atoms with Crippen LogP contribution >= 0.6 is 0 Å². The first-order valence-electron chi connectivity index (χ1n) is 9.71. The van der Waals surface area contributed by atoms with Crippen molar-refractivity contribution < 1.29 is 0 Å². The Bertz CT molecular complexity index is 418. The first-order chi connectivity index (χ1) is 9.95. The van der Waals surface area contributed by atoms with Gasteiger partial charge in [0.2, 0.25) is 0 Å². The molecule has 0 aromatic heterocycles. The van der Waals surface area contributed by atoms with Gasteiger partial charge in [-0.15, -0.1) is 0 Å². The van der Waals surface area contributed by atoms with Crippen LogP contribution in [0.2, 0.25) is 0 Å². The highest BCUT2D eigenvalue weighted by atomic mass is 14.7. The molecular formula is C20H35N. The molecule has 0 bridgehead atoms. The lowest BCUT2D eigenvalue weighted by Gasteiger charge is -2.61. The number of hydrogen-bond acceptors (Lipinski definition) is 1. The van der Waals surface area contributed by atoms with E-state index in [1.807, 2.05) is 0 Å². The molecule has 0 saturated heterocycles. The van der Waals surface area contributed by atoms with Gasteiger partial charge in [0.05, 0.1) is 0 Å². The van der Waals surface area contributed by atoms with E-state index in [-0.39, 0.29) is 0 Å². The standard InChI is InChI=1S/C20H35N/c1-13-4-7-17-16-6-5-14-12-15(21)8-10-20(14,3)18(16)9-11-19(13,17)2/h13-18H,4-12,21H2,1-3H3/t13-,14+,15+,16-,17-,18-,19+,20-/m0/s1. The molecule has 4 aliphatic rings. The summed E-state index contributed by atoms with van der Waals surface area (Å²) in [6.07, 6.45) is 13.1. The van der Waals surface area contributed by atoms with Gasteiger partial charge in [0.25, 0.3) is 0 Å². The first-order valence-corrected chi connectivity index (χ1v) is 9.71. The fraction of sp³-hybridized carbons (Fsp3) is 1.00. The van der Waals surface area contributed by atoms with Crippen molar-refractivity contribution in [1.29, 1.82) is 0 Å². The highest BCUT2D eigenvalue weighted by Gasteiger charge is 2.59. The smallest absolute Gasteiger partial charge is 0.00418 e. The molecule has 4 fully saturated rings. The van der Waals surface area contributed by atoms with E-state index in [0.29, 0.717) is 16.9 Å². The molecule has 0 aromatic carbocycles. The average Bonchev–Trinajstić information content (AvgIpc) is 2.76. The van der Waals surface area contributed by atoms with Crippen molar-refractivity contribution in [1.82, 2.24) is 0 Å². The zero-order valence-electron chi connectivity index (χ0n) is 14.4. The third-order valence-electron chi connectivity index (χ3n) is 9.18. The van der Waals surface area contributed by atoms with E-state index in [9.17, 15) is 0 Å². The third kappa shape index (κ3) is 1.92. The van der Waals surface area contributed by atoms with Gasteiger partial charge in [0.1, 0.15) is 0 Å². The second kappa shape index (κ2) is 4.73. The van der Waals surface area contributed by atoms with Crippen molar-refractivity contribution in [2.45, 2.75) is 84.6 Å². The molecule has 1 nitrogen and oxygen atoms in total. The average molecular weight is 290 g/mol. The maximum absolute atomic E-state index is 6.29. The zero-order valence-corrected chi connectivity index (χ0v) is 14.4. The maximum atomic E-state index is 6.29. The Labute approximate surface area is 131 Å². The van der Waals surface area contributed by atoms with Crippen molar-refractivity contribution in [2.24, 2.45) is 46.2 Å². The molecule has 8 atom stereocenters. The molecular weight excluding hydrogens is 254 g/mol. The summed E-state index contributed by atoms with van der Waals surface area (Å²) in [5.74, 6) is 5.01. The van der Waals surface area contributed by atoms with Crippen LogP contribution < -0.4 is 5.73 Å². The van der Waals surface area contributed by atoms with Crippen LogP contribution in [0.25, 0.3) is 0 Å². The van der Waals surface area contributed by atoms with Crippen molar-refractivity contribution in [3.05, 3.63) is 0 Å². The lowest BCUT2D eigenvalue weighted by Crippen LogP contribution is -2.54. The van der Waals surface area contributed by atoms with Crippen molar-refractivity contribution in [3.63, 3.8) is 0 Å². The lowest BCUT2D eigenvalue weighted by molar-refractivity contribution is -0.111. The van der Waals surface area contributed by atoms with Crippen LogP contribution in [-0.4, -0.2) is 6.04 Å². The van der Waals surface area contributed by atoms with E-state index >= 15 is 0 Å². The molecule has 4 rings (SSSR count). The Kier molecular flexibility index (Phi) is 3.27. The van der Waals surface area contributed by atoms with Gasteiger partial charge in [-0.25, -0.2) is 0 Å².